The second kappa shape index (κ2) is 9.69. The molecule has 0 aromatic rings. The Bertz CT molecular complexity index is 631. The van der Waals surface area contributed by atoms with Crippen molar-refractivity contribution in [2.45, 2.75) is 130 Å². The van der Waals surface area contributed by atoms with E-state index in [1.54, 1.807) is 4.90 Å². The van der Waals surface area contributed by atoms with E-state index in [9.17, 15) is 9.59 Å². The Morgan fingerprint density at radius 1 is 1.00 bits per heavy atom. The summed E-state index contributed by atoms with van der Waals surface area (Å²) < 4.78 is 17.6. The number of hydrogen-bond acceptors (Lipinski definition) is 5. The van der Waals surface area contributed by atoms with Gasteiger partial charge in [0.15, 0.2) is 8.32 Å². The summed E-state index contributed by atoms with van der Waals surface area (Å²) in [6.45, 7) is 24.6. The number of nitrogens with zero attached hydrogens (tertiary/aromatic N) is 1. The lowest BCUT2D eigenvalue weighted by molar-refractivity contribution is 0.0198. The van der Waals surface area contributed by atoms with Gasteiger partial charge >= 0.3 is 12.2 Å². The first-order valence-corrected chi connectivity index (χ1v) is 14.3. The van der Waals surface area contributed by atoms with E-state index in [2.05, 4.69) is 39.2 Å². The Kier molecular flexibility index (Phi) is 8.67. The van der Waals surface area contributed by atoms with Crippen LogP contribution in [0.5, 0.6) is 0 Å². The van der Waals surface area contributed by atoms with Gasteiger partial charge in [0.2, 0.25) is 0 Å². The molecule has 31 heavy (non-hydrogen) atoms. The van der Waals surface area contributed by atoms with Crippen molar-refractivity contribution in [2.24, 2.45) is 0 Å². The maximum Gasteiger partial charge on any atom is 0.410 e. The molecule has 1 unspecified atom stereocenters. The minimum Gasteiger partial charge on any atom is -0.444 e. The molecule has 2 amide bonds. The van der Waals surface area contributed by atoms with Crippen molar-refractivity contribution in [3.63, 3.8) is 0 Å². The third-order valence-electron chi connectivity index (χ3n) is 5.66. The van der Waals surface area contributed by atoms with E-state index in [1.165, 1.54) is 0 Å². The number of likely N-dealkylation sites (tertiary alicyclic amines) is 1. The fourth-order valence-electron chi connectivity index (χ4n) is 3.30. The molecule has 0 aliphatic carbocycles. The van der Waals surface area contributed by atoms with Gasteiger partial charge < -0.3 is 24.1 Å². The van der Waals surface area contributed by atoms with Gasteiger partial charge in [-0.25, -0.2) is 9.59 Å². The van der Waals surface area contributed by atoms with Crippen LogP contribution in [0.1, 0.15) is 82.1 Å². The lowest BCUT2D eigenvalue weighted by Crippen LogP contribution is -2.45. The van der Waals surface area contributed by atoms with E-state index in [0.717, 1.165) is 6.42 Å². The highest BCUT2D eigenvalue weighted by Gasteiger charge is 2.44. The van der Waals surface area contributed by atoms with Crippen LogP contribution in [0.4, 0.5) is 9.59 Å². The van der Waals surface area contributed by atoms with Crippen molar-refractivity contribution in [2.75, 3.05) is 6.54 Å². The summed E-state index contributed by atoms with van der Waals surface area (Å²) in [5.41, 5.74) is -1.12. The first-order chi connectivity index (χ1) is 13.7. The second-order valence-electron chi connectivity index (χ2n) is 12.3. The Hall–Kier alpha value is -1.28. The van der Waals surface area contributed by atoms with Crippen molar-refractivity contribution in [3.05, 3.63) is 0 Å². The van der Waals surface area contributed by atoms with E-state index < -0.39 is 25.6 Å². The van der Waals surface area contributed by atoms with Crippen molar-refractivity contribution in [1.82, 2.24) is 10.2 Å². The van der Waals surface area contributed by atoms with Crippen LogP contribution >= 0.6 is 0 Å². The van der Waals surface area contributed by atoms with Crippen LogP contribution in [-0.4, -0.2) is 61.3 Å². The lowest BCUT2D eigenvalue weighted by Gasteiger charge is -2.38. The Labute approximate surface area is 190 Å². The predicted molar refractivity (Wildman–Crippen MR) is 127 cm³/mol. The third-order valence-corrected chi connectivity index (χ3v) is 10.2. The van der Waals surface area contributed by atoms with E-state index in [4.69, 9.17) is 13.9 Å². The molecule has 0 radical (unpaired) electrons. The Morgan fingerprint density at radius 2 is 1.52 bits per heavy atom. The van der Waals surface area contributed by atoms with Crippen LogP contribution in [0.2, 0.25) is 18.1 Å². The summed E-state index contributed by atoms with van der Waals surface area (Å²) >= 11 is 0. The van der Waals surface area contributed by atoms with Gasteiger partial charge in [0.1, 0.15) is 11.2 Å². The summed E-state index contributed by atoms with van der Waals surface area (Å²) in [6.07, 6.45) is 0.522. The van der Waals surface area contributed by atoms with E-state index in [-0.39, 0.29) is 29.3 Å². The molecule has 8 heteroatoms. The summed E-state index contributed by atoms with van der Waals surface area (Å²) in [4.78, 5) is 26.8. The van der Waals surface area contributed by atoms with E-state index in [1.807, 2.05) is 48.5 Å². The maximum atomic E-state index is 12.9. The molecule has 3 atom stereocenters. The molecular formula is C23H46N2O5Si. The molecule has 1 heterocycles. The molecule has 0 aromatic carbocycles. The quantitative estimate of drug-likeness (QED) is 0.536. The molecule has 0 saturated carbocycles. The molecule has 7 nitrogen and oxygen atoms in total. The number of alkyl carbamates (subject to hydrolysis) is 1. The largest absolute Gasteiger partial charge is 0.444 e. The van der Waals surface area contributed by atoms with Crippen LogP contribution in [0.25, 0.3) is 0 Å². The number of hydrogen-bond donors (Lipinski definition) is 1. The topological polar surface area (TPSA) is 77.1 Å². The zero-order valence-electron chi connectivity index (χ0n) is 21.8. The molecule has 1 saturated heterocycles. The highest BCUT2D eigenvalue weighted by atomic mass is 28.4. The Morgan fingerprint density at radius 3 is 1.97 bits per heavy atom. The zero-order valence-corrected chi connectivity index (χ0v) is 22.8. The van der Waals surface area contributed by atoms with Crippen molar-refractivity contribution >= 4 is 20.5 Å². The highest BCUT2D eigenvalue weighted by molar-refractivity contribution is 6.74. The average Bonchev–Trinajstić information content (AvgIpc) is 2.83. The third kappa shape index (κ3) is 9.39. The molecule has 1 fully saturated rings. The van der Waals surface area contributed by atoms with Gasteiger partial charge in [-0.2, -0.15) is 0 Å². The van der Waals surface area contributed by atoms with E-state index in [0.29, 0.717) is 13.0 Å². The molecule has 1 aliphatic rings. The van der Waals surface area contributed by atoms with Gasteiger partial charge in [0.05, 0.1) is 6.10 Å². The van der Waals surface area contributed by atoms with Crippen LogP contribution in [0.3, 0.4) is 0 Å². The molecule has 0 aromatic heterocycles. The van der Waals surface area contributed by atoms with Gasteiger partial charge in [0.25, 0.3) is 0 Å². The van der Waals surface area contributed by atoms with Crippen LogP contribution in [0, 0.1) is 0 Å². The first kappa shape index (κ1) is 27.8. The molecule has 0 spiro atoms. The second-order valence-corrected chi connectivity index (χ2v) is 17.1. The van der Waals surface area contributed by atoms with Crippen molar-refractivity contribution < 1.29 is 23.5 Å². The smallest absolute Gasteiger partial charge is 0.410 e. The minimum absolute atomic E-state index is 0.0351. The molecule has 1 rings (SSSR count). The van der Waals surface area contributed by atoms with Crippen molar-refractivity contribution in [3.8, 4) is 0 Å². The molecular weight excluding hydrogens is 412 g/mol. The van der Waals surface area contributed by atoms with Gasteiger partial charge in [0, 0.05) is 18.6 Å². The monoisotopic (exact) mass is 458 g/mol. The number of carbonyl (C=O) groups is 2. The van der Waals surface area contributed by atoms with Gasteiger partial charge in [-0.3, -0.25) is 0 Å². The standard InChI is InChI=1S/C23H46N2O5Si/c1-16(24-19(26)28-21(2,3)4)13-17-14-18(30-31(11,12)23(8,9)10)15-25(17)20(27)29-22(5,6)7/h16-18H,13-15H2,1-12H3,(H,24,26)/t16?,17-,18-/m1/s1. The summed E-state index contributed by atoms with van der Waals surface area (Å²) in [7, 11) is -1.97. The number of rotatable bonds is 5. The zero-order chi connectivity index (χ0) is 24.4. The highest BCUT2D eigenvalue weighted by Crippen LogP contribution is 2.39. The Balaban J connectivity index is 2.91. The van der Waals surface area contributed by atoms with Crippen LogP contribution in [0.15, 0.2) is 0 Å². The molecule has 182 valence electrons. The number of nitrogens with one attached hydrogen (secondary N) is 1. The summed E-state index contributed by atoms with van der Waals surface area (Å²) in [5, 5.41) is 2.98. The van der Waals surface area contributed by atoms with Gasteiger partial charge in [-0.1, -0.05) is 20.8 Å². The molecule has 1 aliphatic heterocycles. The predicted octanol–water partition coefficient (Wildman–Crippen LogP) is 5.69. The lowest BCUT2D eigenvalue weighted by atomic mass is 10.1. The van der Waals surface area contributed by atoms with Crippen LogP contribution < -0.4 is 5.32 Å². The van der Waals surface area contributed by atoms with Crippen LogP contribution in [-0.2, 0) is 13.9 Å². The summed E-state index contributed by atoms with van der Waals surface area (Å²) in [6, 6.07) is -0.231. The van der Waals surface area contributed by atoms with E-state index >= 15 is 0 Å². The average molecular weight is 459 g/mol. The van der Waals surface area contributed by atoms with Crippen molar-refractivity contribution in [1.29, 1.82) is 0 Å². The fraction of sp³-hybridized carbons (Fsp3) is 0.913. The number of carbonyl (C=O) groups excluding carboxylic acids is 2. The molecule has 1 N–H and O–H groups in total. The number of ether oxygens (including phenoxy) is 2. The normalized spacial score (nSPS) is 21.6. The maximum absolute atomic E-state index is 12.9. The summed E-state index contributed by atoms with van der Waals surface area (Å²) in [5.74, 6) is 0. The molecule has 0 bridgehead atoms. The minimum atomic E-state index is -1.97. The first-order valence-electron chi connectivity index (χ1n) is 11.4. The van der Waals surface area contributed by atoms with Gasteiger partial charge in [-0.05, 0) is 79.4 Å². The number of amides is 2. The fourth-order valence-corrected chi connectivity index (χ4v) is 4.65. The SMILES string of the molecule is CC(C[C@@H]1C[C@@H](O[Si](C)(C)C(C)(C)C)CN1C(=O)OC(C)(C)C)NC(=O)OC(C)(C)C. The van der Waals surface area contributed by atoms with Gasteiger partial charge in [-0.15, -0.1) is 0 Å².